The molecule has 0 fully saturated rings. The van der Waals surface area contributed by atoms with Crippen molar-refractivity contribution in [3.63, 3.8) is 0 Å². The third kappa shape index (κ3) is 2.77. The molecule has 10 heteroatoms. The molecule has 2 aromatic heterocycles. The second-order valence-corrected chi connectivity index (χ2v) is 5.66. The van der Waals surface area contributed by atoms with Crippen molar-refractivity contribution in [2.45, 2.75) is 13.8 Å². The number of nitrogens with one attached hydrogen (secondary N) is 2. The molecule has 0 aliphatic rings. The van der Waals surface area contributed by atoms with Gasteiger partial charge in [0.2, 0.25) is 5.95 Å². The second kappa shape index (κ2) is 5.27. The fourth-order valence-corrected chi connectivity index (χ4v) is 2.94. The van der Waals surface area contributed by atoms with E-state index in [0.717, 1.165) is 0 Å². The Kier molecular flexibility index (Phi) is 3.88. The number of fused-ring (bicyclic) bond motifs is 1. The first-order valence-corrected chi connectivity index (χ1v) is 7.44. The van der Waals surface area contributed by atoms with Crippen molar-refractivity contribution in [2.75, 3.05) is 17.8 Å². The van der Waals surface area contributed by atoms with Crippen LogP contribution in [0.4, 0.5) is 5.95 Å². The number of hydrogen-bond acceptors (Lipinski definition) is 5. The number of nitrogens with zero attached hydrogens (tertiary/aromatic N) is 4. The third-order valence-electron chi connectivity index (χ3n) is 2.51. The number of hydrogen-bond donors (Lipinski definition) is 2. The summed E-state index contributed by atoms with van der Waals surface area (Å²) >= 11 is 5.91. The van der Waals surface area contributed by atoms with Gasteiger partial charge in [-0.3, -0.25) is 0 Å². The van der Waals surface area contributed by atoms with Crippen molar-refractivity contribution >= 4 is 38.9 Å². The molecule has 0 saturated heterocycles. The van der Waals surface area contributed by atoms with Gasteiger partial charge in [-0.05, 0) is 0 Å². The molecule has 0 aliphatic carbocycles. The molecule has 2 N–H and O–H groups in total. The molecule has 0 saturated carbocycles. The van der Waals surface area contributed by atoms with E-state index in [4.69, 9.17) is 11.6 Å². The van der Waals surface area contributed by atoms with Crippen molar-refractivity contribution in [3.8, 4) is 0 Å². The highest BCUT2D eigenvalue weighted by Gasteiger charge is 2.20. The maximum absolute atomic E-state index is 12.0. The van der Waals surface area contributed by atoms with Crippen LogP contribution in [0.2, 0.25) is 5.15 Å². The largest absolute Gasteiger partial charge is 0.341 e. The standard InChI is InChI=1S/C9H13ClN6O2S/c1-3-16(4-2)19(17,18)15-9-13-7(10)6-8(14-9)12-5-11-6/h5H,3-4H2,1-2H3,(H2,11,12,13,14,15). The number of H-pyrrole nitrogens is 1. The van der Waals surface area contributed by atoms with Crippen LogP contribution in [-0.4, -0.2) is 45.7 Å². The van der Waals surface area contributed by atoms with Crippen molar-refractivity contribution in [2.24, 2.45) is 0 Å². The van der Waals surface area contributed by atoms with Gasteiger partial charge >= 0.3 is 10.2 Å². The maximum Gasteiger partial charge on any atom is 0.303 e. The summed E-state index contributed by atoms with van der Waals surface area (Å²) in [5, 5.41) is 0.111. The van der Waals surface area contributed by atoms with Crippen LogP contribution in [-0.2, 0) is 10.2 Å². The summed E-state index contributed by atoms with van der Waals surface area (Å²) in [5.41, 5.74) is 0.768. The molecular weight excluding hydrogens is 292 g/mol. The summed E-state index contributed by atoms with van der Waals surface area (Å²) in [4.78, 5) is 14.5. The second-order valence-electron chi connectivity index (χ2n) is 3.63. The Morgan fingerprint density at radius 3 is 2.68 bits per heavy atom. The van der Waals surface area contributed by atoms with E-state index >= 15 is 0 Å². The zero-order chi connectivity index (χ0) is 14.0. The highest BCUT2D eigenvalue weighted by Crippen LogP contribution is 2.19. The summed E-state index contributed by atoms with van der Waals surface area (Å²) in [5.74, 6) is -0.100. The summed E-state index contributed by atoms with van der Waals surface area (Å²) in [6.45, 7) is 4.19. The predicted molar refractivity (Wildman–Crippen MR) is 72.2 cm³/mol. The highest BCUT2D eigenvalue weighted by molar-refractivity contribution is 7.90. The Morgan fingerprint density at radius 1 is 1.37 bits per heavy atom. The Hall–Kier alpha value is -1.45. The fraction of sp³-hybridized carbons (Fsp3) is 0.444. The van der Waals surface area contributed by atoms with Crippen LogP contribution in [0.5, 0.6) is 0 Å². The fourth-order valence-electron chi connectivity index (χ4n) is 1.59. The molecule has 8 nitrogen and oxygen atoms in total. The monoisotopic (exact) mass is 304 g/mol. The highest BCUT2D eigenvalue weighted by atomic mass is 35.5. The quantitative estimate of drug-likeness (QED) is 0.802. The number of rotatable bonds is 5. The van der Waals surface area contributed by atoms with E-state index in [1.54, 1.807) is 13.8 Å². The summed E-state index contributed by atoms with van der Waals surface area (Å²) in [6.07, 6.45) is 1.41. The van der Waals surface area contributed by atoms with Gasteiger partial charge in [0.05, 0.1) is 6.33 Å². The molecule has 0 spiro atoms. The third-order valence-corrected chi connectivity index (χ3v) is 4.42. The molecule has 0 atom stereocenters. The topological polar surface area (TPSA) is 104 Å². The summed E-state index contributed by atoms with van der Waals surface area (Å²) in [6, 6.07) is 0. The number of imidazole rings is 1. The lowest BCUT2D eigenvalue weighted by Crippen LogP contribution is -2.36. The summed E-state index contributed by atoms with van der Waals surface area (Å²) < 4.78 is 27.6. The van der Waals surface area contributed by atoms with Crippen LogP contribution in [0.3, 0.4) is 0 Å². The molecule has 2 rings (SSSR count). The molecule has 0 unspecified atom stereocenters. The van der Waals surface area contributed by atoms with Crippen LogP contribution < -0.4 is 4.72 Å². The number of aromatic amines is 1. The van der Waals surface area contributed by atoms with Crippen molar-refractivity contribution in [1.29, 1.82) is 0 Å². The normalized spacial score (nSPS) is 12.2. The molecule has 0 amide bonds. The molecule has 0 bridgehead atoms. The molecule has 2 aromatic rings. The Balaban J connectivity index is 2.35. The Labute approximate surface area is 115 Å². The molecule has 19 heavy (non-hydrogen) atoms. The lowest BCUT2D eigenvalue weighted by atomic mass is 10.6. The van der Waals surface area contributed by atoms with Gasteiger partial charge in [-0.15, -0.1) is 0 Å². The van der Waals surface area contributed by atoms with Crippen molar-refractivity contribution < 1.29 is 8.42 Å². The number of aromatic nitrogens is 4. The average Bonchev–Trinajstić information content (AvgIpc) is 2.78. The smallest absolute Gasteiger partial charge is 0.303 e. The first-order chi connectivity index (χ1) is 8.97. The van der Waals surface area contributed by atoms with E-state index in [9.17, 15) is 8.42 Å². The molecule has 0 radical (unpaired) electrons. The SMILES string of the molecule is CCN(CC)S(=O)(=O)Nc1nc(Cl)c2[nH]cnc2n1. The minimum absolute atomic E-state index is 0.100. The van der Waals surface area contributed by atoms with Gasteiger partial charge in [-0.1, -0.05) is 25.4 Å². The van der Waals surface area contributed by atoms with Gasteiger partial charge < -0.3 is 4.98 Å². The van der Waals surface area contributed by atoms with Gasteiger partial charge in [-0.25, -0.2) is 9.71 Å². The lowest BCUT2D eigenvalue weighted by molar-refractivity contribution is 0.449. The maximum atomic E-state index is 12.0. The van der Waals surface area contributed by atoms with Crippen molar-refractivity contribution in [1.82, 2.24) is 24.2 Å². The number of anilines is 1. The number of halogens is 1. The first-order valence-electron chi connectivity index (χ1n) is 5.62. The minimum Gasteiger partial charge on any atom is -0.341 e. The van der Waals surface area contributed by atoms with E-state index in [-0.39, 0.29) is 11.1 Å². The molecule has 0 aliphatic heterocycles. The van der Waals surface area contributed by atoms with E-state index in [2.05, 4.69) is 24.7 Å². The van der Waals surface area contributed by atoms with Gasteiger partial charge in [-0.2, -0.15) is 22.7 Å². The Morgan fingerprint density at radius 2 is 2.05 bits per heavy atom. The Bertz CT molecular complexity index is 681. The average molecular weight is 305 g/mol. The van der Waals surface area contributed by atoms with E-state index < -0.39 is 10.2 Å². The van der Waals surface area contributed by atoms with Crippen LogP contribution >= 0.6 is 11.6 Å². The molecular formula is C9H13ClN6O2S. The molecule has 104 valence electrons. The van der Waals surface area contributed by atoms with Gasteiger partial charge in [0, 0.05) is 13.1 Å². The van der Waals surface area contributed by atoms with Crippen LogP contribution in [0.25, 0.3) is 11.2 Å². The first kappa shape index (κ1) is 14.0. The van der Waals surface area contributed by atoms with Crippen LogP contribution in [0, 0.1) is 0 Å². The minimum atomic E-state index is -3.68. The van der Waals surface area contributed by atoms with Gasteiger partial charge in [0.15, 0.2) is 10.8 Å². The van der Waals surface area contributed by atoms with Crippen LogP contribution in [0.15, 0.2) is 6.33 Å². The zero-order valence-corrected chi connectivity index (χ0v) is 12.0. The predicted octanol–water partition coefficient (Wildman–Crippen LogP) is 1.00. The molecule has 2 heterocycles. The van der Waals surface area contributed by atoms with Gasteiger partial charge in [0.1, 0.15) is 5.52 Å². The van der Waals surface area contributed by atoms with Crippen molar-refractivity contribution in [3.05, 3.63) is 11.5 Å². The summed E-state index contributed by atoms with van der Waals surface area (Å²) in [7, 11) is -3.68. The van der Waals surface area contributed by atoms with Gasteiger partial charge in [0.25, 0.3) is 0 Å². The van der Waals surface area contributed by atoms with E-state index in [1.807, 2.05) is 0 Å². The van der Waals surface area contributed by atoms with E-state index in [0.29, 0.717) is 24.3 Å². The lowest BCUT2D eigenvalue weighted by Gasteiger charge is -2.18. The molecule has 0 aromatic carbocycles. The van der Waals surface area contributed by atoms with Crippen LogP contribution in [0.1, 0.15) is 13.8 Å². The van der Waals surface area contributed by atoms with E-state index in [1.165, 1.54) is 10.6 Å². The zero-order valence-electron chi connectivity index (χ0n) is 10.4.